The molecule has 0 saturated carbocycles. The second kappa shape index (κ2) is 9.25. The van der Waals surface area contributed by atoms with Crippen LogP contribution in [0.25, 0.3) is 0 Å². The summed E-state index contributed by atoms with van der Waals surface area (Å²) < 4.78 is 63.6. The van der Waals surface area contributed by atoms with E-state index in [4.69, 9.17) is 9.47 Å². The van der Waals surface area contributed by atoms with E-state index in [2.05, 4.69) is 0 Å². The van der Waals surface area contributed by atoms with Gasteiger partial charge in [0.2, 0.25) is 10.0 Å². The molecule has 1 aromatic rings. The van der Waals surface area contributed by atoms with Crippen LogP contribution in [0.5, 0.6) is 5.75 Å². The predicted octanol–water partition coefficient (Wildman–Crippen LogP) is 3.35. The maximum atomic E-state index is 13.2. The van der Waals surface area contributed by atoms with Gasteiger partial charge in [-0.1, -0.05) is 0 Å². The van der Waals surface area contributed by atoms with E-state index in [9.17, 15) is 22.0 Å². The largest absolute Gasteiger partial charge is 0.497 e. The number of rotatable bonds is 6. The van der Waals surface area contributed by atoms with Crippen molar-refractivity contribution in [2.75, 3.05) is 26.7 Å². The Hall–Kier alpha value is -1.94. The van der Waals surface area contributed by atoms with Gasteiger partial charge in [-0.2, -0.15) is 4.31 Å². The Bertz CT molecular complexity index is 786. The molecule has 29 heavy (non-hydrogen) atoms. The zero-order chi connectivity index (χ0) is 21.8. The van der Waals surface area contributed by atoms with E-state index in [0.29, 0.717) is 5.75 Å². The van der Waals surface area contributed by atoms with Crippen LogP contribution < -0.4 is 4.74 Å². The van der Waals surface area contributed by atoms with E-state index in [1.165, 1.54) is 36.3 Å². The molecule has 0 unspecified atom stereocenters. The summed E-state index contributed by atoms with van der Waals surface area (Å²) >= 11 is 0. The van der Waals surface area contributed by atoms with Crippen molar-refractivity contribution < 1.29 is 31.5 Å². The van der Waals surface area contributed by atoms with Gasteiger partial charge in [0, 0.05) is 19.1 Å². The molecular weight excluding hydrogens is 406 g/mol. The molecule has 0 bridgehead atoms. The monoisotopic (exact) mass is 434 g/mol. The summed E-state index contributed by atoms with van der Waals surface area (Å²) in [5, 5.41) is 0. The number of hydrogen-bond acceptors (Lipinski definition) is 5. The van der Waals surface area contributed by atoms with Crippen LogP contribution in [0.2, 0.25) is 0 Å². The maximum Gasteiger partial charge on any atom is 0.410 e. The number of methoxy groups -OCH3 is 1. The van der Waals surface area contributed by atoms with Crippen LogP contribution in [0.4, 0.5) is 13.6 Å². The van der Waals surface area contributed by atoms with Crippen molar-refractivity contribution in [2.24, 2.45) is 0 Å². The van der Waals surface area contributed by atoms with E-state index in [0.717, 1.165) is 4.31 Å². The minimum Gasteiger partial charge on any atom is -0.497 e. The van der Waals surface area contributed by atoms with Crippen LogP contribution in [0.3, 0.4) is 0 Å². The number of carbonyl (C=O) groups excluding carboxylic acids is 1. The van der Waals surface area contributed by atoms with Crippen molar-refractivity contribution in [1.29, 1.82) is 0 Å². The van der Waals surface area contributed by atoms with Crippen LogP contribution >= 0.6 is 0 Å². The normalized spacial score (nSPS) is 16.3. The highest BCUT2D eigenvalue weighted by atomic mass is 32.2. The second-order valence-corrected chi connectivity index (χ2v) is 9.73. The number of carbonyl (C=O) groups is 1. The number of nitrogens with zero attached hydrogens (tertiary/aromatic N) is 2. The second-order valence-electron chi connectivity index (χ2n) is 7.84. The Morgan fingerprint density at radius 1 is 1.21 bits per heavy atom. The van der Waals surface area contributed by atoms with Gasteiger partial charge >= 0.3 is 6.09 Å². The Kier molecular flexibility index (Phi) is 7.45. The number of sulfonamides is 1. The van der Waals surface area contributed by atoms with Crippen LogP contribution in [0.1, 0.15) is 33.6 Å². The summed E-state index contributed by atoms with van der Waals surface area (Å²) in [6.45, 7) is 4.83. The Labute approximate surface area is 170 Å². The number of hydrogen-bond donors (Lipinski definition) is 0. The number of likely N-dealkylation sites (tertiary alicyclic amines) is 1. The van der Waals surface area contributed by atoms with Crippen LogP contribution in [-0.4, -0.2) is 68.5 Å². The standard InChI is InChI=1S/C19H28F2N2O5S/c1-19(2,3)28-18(24)22-11-9-14(10-12-22)23(13-17(20)21)29(25,26)16-7-5-15(27-4)6-8-16/h5-8,14,17H,9-13H2,1-4H3. The zero-order valence-corrected chi connectivity index (χ0v) is 17.9. The van der Waals surface area contributed by atoms with E-state index in [1.807, 2.05) is 0 Å². The molecule has 1 heterocycles. The van der Waals surface area contributed by atoms with Gasteiger partial charge in [0.25, 0.3) is 6.43 Å². The van der Waals surface area contributed by atoms with Crippen molar-refractivity contribution in [2.45, 2.75) is 56.6 Å². The maximum absolute atomic E-state index is 13.2. The summed E-state index contributed by atoms with van der Waals surface area (Å²) in [5.41, 5.74) is -0.645. The van der Waals surface area contributed by atoms with E-state index in [1.54, 1.807) is 20.8 Å². The Balaban J connectivity index is 2.15. The lowest BCUT2D eigenvalue weighted by Crippen LogP contribution is -2.50. The van der Waals surface area contributed by atoms with Gasteiger partial charge in [0.15, 0.2) is 0 Å². The molecule has 1 aliphatic rings. The molecule has 1 amide bonds. The van der Waals surface area contributed by atoms with Crippen molar-refractivity contribution in [3.05, 3.63) is 24.3 Å². The van der Waals surface area contributed by atoms with E-state index in [-0.39, 0.29) is 30.8 Å². The first-order chi connectivity index (χ1) is 13.4. The van der Waals surface area contributed by atoms with Crippen LogP contribution in [0, 0.1) is 0 Å². The molecule has 0 N–H and O–H groups in total. The van der Waals surface area contributed by atoms with Gasteiger partial charge in [0.1, 0.15) is 11.4 Å². The minimum absolute atomic E-state index is 0.0754. The predicted molar refractivity (Wildman–Crippen MR) is 104 cm³/mol. The highest BCUT2D eigenvalue weighted by molar-refractivity contribution is 7.89. The summed E-state index contributed by atoms with van der Waals surface area (Å²) in [4.78, 5) is 13.6. The molecule has 0 aromatic heterocycles. The lowest BCUT2D eigenvalue weighted by Gasteiger charge is -2.38. The molecule has 1 aliphatic heterocycles. The number of amides is 1. The number of benzene rings is 1. The van der Waals surface area contributed by atoms with Gasteiger partial charge in [-0.25, -0.2) is 22.0 Å². The molecule has 1 aromatic carbocycles. The Morgan fingerprint density at radius 2 is 1.76 bits per heavy atom. The molecule has 10 heteroatoms. The highest BCUT2D eigenvalue weighted by Crippen LogP contribution is 2.27. The number of piperidine rings is 1. The van der Waals surface area contributed by atoms with Gasteiger partial charge in [-0.3, -0.25) is 0 Å². The van der Waals surface area contributed by atoms with Crippen LogP contribution in [-0.2, 0) is 14.8 Å². The molecule has 1 saturated heterocycles. The van der Waals surface area contributed by atoms with Crippen LogP contribution in [0.15, 0.2) is 29.2 Å². The molecule has 0 spiro atoms. The summed E-state index contributed by atoms with van der Waals surface area (Å²) in [7, 11) is -2.67. The quantitative estimate of drug-likeness (QED) is 0.686. The molecule has 2 rings (SSSR count). The van der Waals surface area contributed by atoms with Gasteiger partial charge in [-0.05, 0) is 57.9 Å². The third-order valence-electron chi connectivity index (χ3n) is 4.51. The molecule has 164 valence electrons. The highest BCUT2D eigenvalue weighted by Gasteiger charge is 2.37. The fourth-order valence-corrected chi connectivity index (χ4v) is 4.79. The molecule has 7 nitrogen and oxygen atoms in total. The third kappa shape index (κ3) is 6.27. The van der Waals surface area contributed by atoms with E-state index < -0.39 is 40.7 Å². The fraction of sp³-hybridized carbons (Fsp3) is 0.632. The van der Waals surface area contributed by atoms with Crippen molar-refractivity contribution in [3.63, 3.8) is 0 Å². The first-order valence-corrected chi connectivity index (χ1v) is 10.8. The topological polar surface area (TPSA) is 76.2 Å². The minimum atomic E-state index is -4.12. The van der Waals surface area contributed by atoms with Gasteiger partial charge < -0.3 is 14.4 Å². The summed E-state index contributed by atoms with van der Waals surface area (Å²) in [6.07, 6.45) is -2.80. The molecule has 0 radical (unpaired) electrons. The summed E-state index contributed by atoms with van der Waals surface area (Å²) in [6, 6.07) is 4.98. The average molecular weight is 435 g/mol. The SMILES string of the molecule is COc1ccc(S(=O)(=O)N(CC(F)F)C2CCN(C(=O)OC(C)(C)C)CC2)cc1. The Morgan fingerprint density at radius 3 is 2.21 bits per heavy atom. The average Bonchev–Trinajstić information content (AvgIpc) is 2.64. The number of halogens is 2. The molecular formula is C19H28F2N2O5S. The number of ether oxygens (including phenoxy) is 2. The lowest BCUT2D eigenvalue weighted by atomic mass is 10.1. The van der Waals surface area contributed by atoms with E-state index >= 15 is 0 Å². The molecule has 1 fully saturated rings. The zero-order valence-electron chi connectivity index (χ0n) is 17.1. The third-order valence-corrected chi connectivity index (χ3v) is 6.44. The van der Waals surface area contributed by atoms with Gasteiger partial charge in [0.05, 0.1) is 18.6 Å². The van der Waals surface area contributed by atoms with Gasteiger partial charge in [-0.15, -0.1) is 0 Å². The van der Waals surface area contributed by atoms with Crippen molar-refractivity contribution in [3.8, 4) is 5.75 Å². The lowest BCUT2D eigenvalue weighted by molar-refractivity contribution is 0.0157. The molecule has 0 aliphatic carbocycles. The number of alkyl halides is 2. The first kappa shape index (κ1) is 23.3. The first-order valence-electron chi connectivity index (χ1n) is 9.36. The fourth-order valence-electron chi connectivity index (χ4n) is 3.13. The molecule has 0 atom stereocenters. The van der Waals surface area contributed by atoms with Crippen molar-refractivity contribution in [1.82, 2.24) is 9.21 Å². The van der Waals surface area contributed by atoms with Crippen molar-refractivity contribution >= 4 is 16.1 Å². The summed E-state index contributed by atoms with van der Waals surface area (Å²) in [5.74, 6) is 0.468. The smallest absolute Gasteiger partial charge is 0.410 e.